The van der Waals surface area contributed by atoms with Gasteiger partial charge in [0.05, 0.1) is 13.0 Å². The predicted octanol–water partition coefficient (Wildman–Crippen LogP) is 3.42. The first-order valence-corrected chi connectivity index (χ1v) is 7.31. The number of azide groups is 1. The summed E-state index contributed by atoms with van der Waals surface area (Å²) in [6, 6.07) is 3.27. The molecule has 8 nitrogen and oxygen atoms in total. The summed E-state index contributed by atoms with van der Waals surface area (Å²) in [5.74, 6) is -1.48. The number of carbonyl (C=O) groups excluding carboxylic acids is 1. The number of aliphatic carboxylic acids is 1. The highest BCUT2D eigenvalue weighted by molar-refractivity contribution is 5.72. The van der Waals surface area contributed by atoms with E-state index in [0.29, 0.717) is 22.4 Å². The van der Waals surface area contributed by atoms with Gasteiger partial charge < -0.3 is 14.6 Å². The summed E-state index contributed by atoms with van der Waals surface area (Å²) in [6.45, 7) is 6.81. The summed E-state index contributed by atoms with van der Waals surface area (Å²) < 4.78 is 10.4. The third kappa shape index (κ3) is 6.68. The summed E-state index contributed by atoms with van der Waals surface area (Å²) in [7, 11) is 0. The average molecular weight is 335 g/mol. The first-order valence-electron chi connectivity index (χ1n) is 7.31. The molecule has 0 atom stereocenters. The van der Waals surface area contributed by atoms with Crippen LogP contribution in [0, 0.1) is 6.92 Å². The van der Waals surface area contributed by atoms with Gasteiger partial charge in [-0.2, -0.15) is 0 Å². The van der Waals surface area contributed by atoms with Gasteiger partial charge in [0, 0.05) is 10.6 Å². The molecule has 0 aromatic heterocycles. The molecule has 0 aliphatic carbocycles. The minimum absolute atomic E-state index is 0.0695. The van der Waals surface area contributed by atoms with Crippen molar-refractivity contribution in [2.75, 3.05) is 6.61 Å². The highest BCUT2D eigenvalue weighted by Gasteiger charge is 2.16. The van der Waals surface area contributed by atoms with Crippen LogP contribution in [0.15, 0.2) is 17.2 Å². The molecular formula is C16H21N3O5. The molecule has 24 heavy (non-hydrogen) atoms. The van der Waals surface area contributed by atoms with E-state index in [1.165, 1.54) is 0 Å². The van der Waals surface area contributed by atoms with Gasteiger partial charge in [-0.3, -0.25) is 4.79 Å². The van der Waals surface area contributed by atoms with Gasteiger partial charge in [-0.15, -0.1) is 0 Å². The standard InChI is InChI=1S/C16H21N3O5/c1-10-12(7-14(20)21)5-11(6-13(10)18-19-17)8-23-9-15(22)24-16(2,3)4/h5-6H,7-9H2,1-4H3,(H,20,21). The van der Waals surface area contributed by atoms with E-state index in [-0.39, 0.29) is 19.6 Å². The van der Waals surface area contributed by atoms with Crippen molar-refractivity contribution < 1.29 is 24.2 Å². The molecule has 0 unspecified atom stereocenters. The Labute approximate surface area is 140 Å². The normalized spacial score (nSPS) is 10.8. The summed E-state index contributed by atoms with van der Waals surface area (Å²) in [5, 5.41) is 12.5. The highest BCUT2D eigenvalue weighted by atomic mass is 16.6. The number of carbonyl (C=O) groups is 2. The summed E-state index contributed by atoms with van der Waals surface area (Å²) in [5.41, 5.74) is 10.1. The van der Waals surface area contributed by atoms with Crippen LogP contribution in [0.5, 0.6) is 0 Å². The van der Waals surface area contributed by atoms with E-state index < -0.39 is 17.5 Å². The summed E-state index contributed by atoms with van der Waals surface area (Å²) in [4.78, 5) is 25.3. The molecule has 1 rings (SSSR count). The maximum atomic E-state index is 11.6. The number of carboxylic acids is 1. The van der Waals surface area contributed by atoms with E-state index in [9.17, 15) is 9.59 Å². The van der Waals surface area contributed by atoms with E-state index in [2.05, 4.69) is 10.0 Å². The van der Waals surface area contributed by atoms with Gasteiger partial charge >= 0.3 is 11.9 Å². The Morgan fingerprint density at radius 2 is 2.00 bits per heavy atom. The zero-order chi connectivity index (χ0) is 18.3. The van der Waals surface area contributed by atoms with Crippen molar-refractivity contribution in [2.45, 2.75) is 46.3 Å². The van der Waals surface area contributed by atoms with Gasteiger partial charge in [-0.05, 0) is 56.0 Å². The van der Waals surface area contributed by atoms with Gasteiger partial charge in [-0.25, -0.2) is 4.79 Å². The van der Waals surface area contributed by atoms with Crippen molar-refractivity contribution in [1.82, 2.24) is 0 Å². The van der Waals surface area contributed by atoms with Crippen molar-refractivity contribution >= 4 is 17.6 Å². The van der Waals surface area contributed by atoms with Gasteiger partial charge in [0.1, 0.15) is 12.2 Å². The first kappa shape index (κ1) is 19.5. The quantitative estimate of drug-likeness (QED) is 0.354. The Balaban J connectivity index is 2.84. The molecule has 0 spiro atoms. The Morgan fingerprint density at radius 1 is 1.33 bits per heavy atom. The monoisotopic (exact) mass is 335 g/mol. The zero-order valence-corrected chi connectivity index (χ0v) is 14.2. The fourth-order valence-corrected chi connectivity index (χ4v) is 2.03. The van der Waals surface area contributed by atoms with Crippen LogP contribution in [-0.2, 0) is 32.1 Å². The van der Waals surface area contributed by atoms with Crippen molar-refractivity contribution in [1.29, 1.82) is 0 Å². The summed E-state index contributed by atoms with van der Waals surface area (Å²) >= 11 is 0. The molecule has 0 aliphatic heterocycles. The topological polar surface area (TPSA) is 122 Å². The molecule has 0 heterocycles. The third-order valence-corrected chi connectivity index (χ3v) is 2.95. The number of hydrogen-bond acceptors (Lipinski definition) is 5. The van der Waals surface area contributed by atoms with E-state index in [1.54, 1.807) is 39.8 Å². The van der Waals surface area contributed by atoms with E-state index in [0.717, 1.165) is 0 Å². The molecule has 0 fully saturated rings. The smallest absolute Gasteiger partial charge is 0.332 e. The molecule has 130 valence electrons. The van der Waals surface area contributed by atoms with Crippen LogP contribution >= 0.6 is 0 Å². The van der Waals surface area contributed by atoms with Gasteiger partial charge in [0.15, 0.2) is 0 Å². The molecule has 0 saturated carbocycles. The van der Waals surface area contributed by atoms with Crippen LogP contribution in [0.25, 0.3) is 10.4 Å². The Bertz CT molecular complexity index is 673. The summed E-state index contributed by atoms with van der Waals surface area (Å²) in [6.07, 6.45) is -0.195. The third-order valence-electron chi connectivity index (χ3n) is 2.95. The molecule has 1 N–H and O–H groups in total. The Hall–Kier alpha value is -2.57. The van der Waals surface area contributed by atoms with Crippen molar-refractivity contribution in [2.24, 2.45) is 5.11 Å². The molecule has 1 aromatic carbocycles. The van der Waals surface area contributed by atoms with Crippen LogP contribution in [0.3, 0.4) is 0 Å². The second-order valence-corrected chi connectivity index (χ2v) is 6.24. The maximum Gasteiger partial charge on any atom is 0.332 e. The van der Waals surface area contributed by atoms with Crippen molar-refractivity contribution in [3.05, 3.63) is 39.3 Å². The number of benzene rings is 1. The number of nitrogens with zero attached hydrogens (tertiary/aromatic N) is 3. The fraction of sp³-hybridized carbons (Fsp3) is 0.500. The second-order valence-electron chi connectivity index (χ2n) is 6.24. The van der Waals surface area contributed by atoms with Crippen LogP contribution < -0.4 is 0 Å². The van der Waals surface area contributed by atoms with Crippen molar-refractivity contribution in [3.8, 4) is 0 Å². The van der Waals surface area contributed by atoms with E-state index >= 15 is 0 Å². The molecule has 8 heteroatoms. The largest absolute Gasteiger partial charge is 0.481 e. The molecule has 0 bridgehead atoms. The highest BCUT2D eigenvalue weighted by Crippen LogP contribution is 2.26. The lowest BCUT2D eigenvalue weighted by molar-refractivity contribution is -0.160. The van der Waals surface area contributed by atoms with E-state index in [4.69, 9.17) is 20.1 Å². The SMILES string of the molecule is Cc1c(CC(=O)O)cc(COCC(=O)OC(C)(C)C)cc1N=[N+]=[N-]. The van der Waals surface area contributed by atoms with Crippen LogP contribution in [0.4, 0.5) is 5.69 Å². The Morgan fingerprint density at radius 3 is 2.54 bits per heavy atom. The lowest BCUT2D eigenvalue weighted by Gasteiger charge is -2.19. The molecule has 0 aliphatic rings. The average Bonchev–Trinajstić information content (AvgIpc) is 2.41. The fourth-order valence-electron chi connectivity index (χ4n) is 2.03. The lowest BCUT2D eigenvalue weighted by Crippen LogP contribution is -2.26. The molecule has 0 radical (unpaired) electrons. The second kappa shape index (κ2) is 8.33. The predicted molar refractivity (Wildman–Crippen MR) is 86.8 cm³/mol. The van der Waals surface area contributed by atoms with E-state index in [1.807, 2.05) is 0 Å². The molecule has 0 amide bonds. The van der Waals surface area contributed by atoms with Crippen LogP contribution in [-0.4, -0.2) is 29.3 Å². The maximum absolute atomic E-state index is 11.6. The molecular weight excluding hydrogens is 314 g/mol. The van der Waals surface area contributed by atoms with Crippen LogP contribution in [0.1, 0.15) is 37.5 Å². The van der Waals surface area contributed by atoms with Crippen molar-refractivity contribution in [3.63, 3.8) is 0 Å². The number of hydrogen-bond donors (Lipinski definition) is 1. The minimum atomic E-state index is -0.989. The molecule has 1 aromatic rings. The molecule has 0 saturated heterocycles. The minimum Gasteiger partial charge on any atom is -0.481 e. The lowest BCUT2D eigenvalue weighted by atomic mass is 10.0. The first-order chi connectivity index (χ1) is 11.1. The van der Waals surface area contributed by atoms with Gasteiger partial charge in [0.25, 0.3) is 0 Å². The zero-order valence-electron chi connectivity index (χ0n) is 14.2. The number of carboxylic acid groups (broad SMARTS) is 1. The van der Waals surface area contributed by atoms with Crippen LogP contribution in [0.2, 0.25) is 0 Å². The Kier molecular flexibility index (Phi) is 6.76. The number of esters is 1. The number of ether oxygens (including phenoxy) is 2. The van der Waals surface area contributed by atoms with Gasteiger partial charge in [-0.1, -0.05) is 11.2 Å². The van der Waals surface area contributed by atoms with Gasteiger partial charge in [0.2, 0.25) is 0 Å². The number of rotatable bonds is 7.